The molecular formula is C11H11F2N3O. The van der Waals surface area contributed by atoms with Crippen molar-refractivity contribution in [1.82, 2.24) is 9.97 Å². The average molecular weight is 239 g/mol. The van der Waals surface area contributed by atoms with E-state index < -0.39 is 17.7 Å². The van der Waals surface area contributed by atoms with Crippen molar-refractivity contribution in [2.24, 2.45) is 5.73 Å². The summed E-state index contributed by atoms with van der Waals surface area (Å²) in [5.41, 5.74) is 5.82. The van der Waals surface area contributed by atoms with Gasteiger partial charge in [0.25, 0.3) is 0 Å². The Morgan fingerprint density at radius 1 is 1.41 bits per heavy atom. The number of aliphatic hydroxyl groups excluding tert-OH is 1. The fourth-order valence-corrected chi connectivity index (χ4v) is 1.46. The van der Waals surface area contributed by atoms with Crippen molar-refractivity contribution in [3.05, 3.63) is 41.9 Å². The molecule has 0 radical (unpaired) electrons. The normalized spacial score (nSPS) is 12.7. The van der Waals surface area contributed by atoms with Crippen molar-refractivity contribution in [2.75, 3.05) is 6.54 Å². The van der Waals surface area contributed by atoms with Gasteiger partial charge in [-0.05, 0) is 12.1 Å². The maximum atomic E-state index is 13.5. The van der Waals surface area contributed by atoms with E-state index in [9.17, 15) is 13.9 Å². The summed E-state index contributed by atoms with van der Waals surface area (Å²) in [5, 5.41) is 9.43. The highest BCUT2D eigenvalue weighted by atomic mass is 19.1. The lowest BCUT2D eigenvalue weighted by Gasteiger charge is -2.03. The second kappa shape index (κ2) is 4.60. The second-order valence-corrected chi connectivity index (χ2v) is 3.56. The van der Waals surface area contributed by atoms with Gasteiger partial charge in [-0.25, -0.2) is 13.8 Å². The van der Waals surface area contributed by atoms with Crippen LogP contribution < -0.4 is 5.73 Å². The zero-order valence-corrected chi connectivity index (χ0v) is 8.82. The smallest absolute Gasteiger partial charge is 0.136 e. The van der Waals surface area contributed by atoms with E-state index in [2.05, 4.69) is 9.97 Å². The van der Waals surface area contributed by atoms with Crippen LogP contribution in [-0.4, -0.2) is 21.6 Å². The lowest BCUT2D eigenvalue weighted by molar-refractivity contribution is 0.177. The van der Waals surface area contributed by atoms with Crippen molar-refractivity contribution < 1.29 is 13.9 Å². The predicted octanol–water partition coefficient (Wildman–Crippen LogP) is 1.35. The molecule has 0 saturated carbocycles. The zero-order chi connectivity index (χ0) is 12.4. The SMILES string of the molecule is NCC(O)c1ncc(-c2ccc(F)cc2F)[nH]1. The second-order valence-electron chi connectivity index (χ2n) is 3.56. The Hall–Kier alpha value is -1.79. The summed E-state index contributed by atoms with van der Waals surface area (Å²) in [5.74, 6) is -1.08. The highest BCUT2D eigenvalue weighted by Crippen LogP contribution is 2.22. The highest BCUT2D eigenvalue weighted by Gasteiger charge is 2.13. The maximum absolute atomic E-state index is 13.5. The molecular weight excluding hydrogens is 228 g/mol. The first-order valence-corrected chi connectivity index (χ1v) is 5.00. The number of aliphatic hydroxyl groups is 1. The molecule has 1 aromatic carbocycles. The Bertz CT molecular complexity index is 527. The molecule has 0 bridgehead atoms. The number of hydrogen-bond donors (Lipinski definition) is 3. The largest absolute Gasteiger partial charge is 0.384 e. The van der Waals surface area contributed by atoms with Gasteiger partial charge in [-0.15, -0.1) is 0 Å². The fourth-order valence-electron chi connectivity index (χ4n) is 1.46. The first-order chi connectivity index (χ1) is 8.11. The summed E-state index contributed by atoms with van der Waals surface area (Å²) in [6, 6.07) is 3.24. The number of rotatable bonds is 3. The van der Waals surface area contributed by atoms with E-state index in [-0.39, 0.29) is 17.9 Å². The van der Waals surface area contributed by atoms with E-state index in [1.165, 1.54) is 12.3 Å². The van der Waals surface area contributed by atoms with Crippen molar-refractivity contribution in [1.29, 1.82) is 0 Å². The van der Waals surface area contributed by atoms with Crippen LogP contribution in [0.5, 0.6) is 0 Å². The van der Waals surface area contributed by atoms with E-state index >= 15 is 0 Å². The molecule has 0 aliphatic carbocycles. The predicted molar refractivity (Wildman–Crippen MR) is 58.0 cm³/mol. The Morgan fingerprint density at radius 2 is 2.18 bits per heavy atom. The summed E-state index contributed by atoms with van der Waals surface area (Å²) >= 11 is 0. The van der Waals surface area contributed by atoms with E-state index in [4.69, 9.17) is 5.73 Å². The molecule has 1 heterocycles. The van der Waals surface area contributed by atoms with Gasteiger partial charge in [-0.3, -0.25) is 0 Å². The Balaban J connectivity index is 2.37. The monoisotopic (exact) mass is 239 g/mol. The minimum Gasteiger partial charge on any atom is -0.384 e. The molecule has 1 unspecified atom stereocenters. The summed E-state index contributed by atoms with van der Waals surface area (Å²) in [6.07, 6.45) is 0.442. The van der Waals surface area contributed by atoms with Crippen LogP contribution in [0.4, 0.5) is 8.78 Å². The Labute approximate surface area is 96.1 Å². The number of benzene rings is 1. The molecule has 0 aliphatic heterocycles. The van der Waals surface area contributed by atoms with Crippen molar-refractivity contribution in [3.8, 4) is 11.3 Å². The van der Waals surface area contributed by atoms with Gasteiger partial charge in [0, 0.05) is 18.2 Å². The molecule has 0 aliphatic rings. The summed E-state index contributed by atoms with van der Waals surface area (Å²) in [6.45, 7) is 0.0128. The quantitative estimate of drug-likeness (QED) is 0.756. The molecule has 17 heavy (non-hydrogen) atoms. The van der Waals surface area contributed by atoms with Crippen LogP contribution in [-0.2, 0) is 0 Å². The molecule has 2 aromatic rings. The fraction of sp³-hybridized carbons (Fsp3) is 0.182. The Kier molecular flexibility index (Phi) is 3.16. The first kappa shape index (κ1) is 11.7. The Morgan fingerprint density at radius 3 is 2.82 bits per heavy atom. The van der Waals surface area contributed by atoms with Crippen LogP contribution >= 0.6 is 0 Å². The number of aromatic amines is 1. The van der Waals surface area contributed by atoms with Gasteiger partial charge in [-0.2, -0.15) is 0 Å². The number of nitrogens with two attached hydrogens (primary N) is 1. The first-order valence-electron chi connectivity index (χ1n) is 5.00. The maximum Gasteiger partial charge on any atom is 0.136 e. The highest BCUT2D eigenvalue weighted by molar-refractivity contribution is 5.59. The lowest BCUT2D eigenvalue weighted by Crippen LogP contribution is -2.12. The van der Waals surface area contributed by atoms with E-state index in [0.29, 0.717) is 5.69 Å². The molecule has 0 spiro atoms. The molecule has 1 aromatic heterocycles. The third-order valence-corrected chi connectivity index (χ3v) is 2.36. The third-order valence-electron chi connectivity index (χ3n) is 2.36. The zero-order valence-electron chi connectivity index (χ0n) is 8.82. The number of nitrogens with one attached hydrogen (secondary N) is 1. The van der Waals surface area contributed by atoms with Crippen LogP contribution in [0, 0.1) is 11.6 Å². The number of nitrogens with zero attached hydrogens (tertiary/aromatic N) is 1. The van der Waals surface area contributed by atoms with Crippen LogP contribution in [0.3, 0.4) is 0 Å². The number of halogens is 2. The van der Waals surface area contributed by atoms with Crippen molar-refractivity contribution in [2.45, 2.75) is 6.10 Å². The van der Waals surface area contributed by atoms with Crippen LogP contribution in [0.15, 0.2) is 24.4 Å². The van der Waals surface area contributed by atoms with E-state index in [0.717, 1.165) is 12.1 Å². The number of aromatic nitrogens is 2. The van der Waals surface area contributed by atoms with E-state index in [1.807, 2.05) is 0 Å². The van der Waals surface area contributed by atoms with Crippen LogP contribution in [0.2, 0.25) is 0 Å². The number of imidazole rings is 1. The van der Waals surface area contributed by atoms with Gasteiger partial charge in [0.2, 0.25) is 0 Å². The van der Waals surface area contributed by atoms with Gasteiger partial charge in [0.1, 0.15) is 23.6 Å². The molecule has 4 nitrogen and oxygen atoms in total. The molecule has 4 N–H and O–H groups in total. The summed E-state index contributed by atoms with van der Waals surface area (Å²) < 4.78 is 26.2. The molecule has 2 rings (SSSR count). The van der Waals surface area contributed by atoms with E-state index in [1.54, 1.807) is 0 Å². The molecule has 6 heteroatoms. The molecule has 1 atom stereocenters. The molecule has 90 valence electrons. The molecule has 0 saturated heterocycles. The van der Waals surface area contributed by atoms with Gasteiger partial charge < -0.3 is 15.8 Å². The van der Waals surface area contributed by atoms with Gasteiger partial charge in [-0.1, -0.05) is 0 Å². The van der Waals surface area contributed by atoms with Gasteiger partial charge in [0.15, 0.2) is 0 Å². The average Bonchev–Trinajstić information content (AvgIpc) is 2.77. The molecule has 0 fully saturated rings. The minimum atomic E-state index is -0.924. The van der Waals surface area contributed by atoms with Crippen molar-refractivity contribution in [3.63, 3.8) is 0 Å². The van der Waals surface area contributed by atoms with Gasteiger partial charge in [0.05, 0.1) is 11.9 Å². The topological polar surface area (TPSA) is 74.9 Å². The van der Waals surface area contributed by atoms with Crippen LogP contribution in [0.1, 0.15) is 11.9 Å². The lowest BCUT2D eigenvalue weighted by atomic mass is 10.1. The number of H-pyrrole nitrogens is 1. The van der Waals surface area contributed by atoms with Gasteiger partial charge >= 0.3 is 0 Å². The van der Waals surface area contributed by atoms with Crippen LogP contribution in [0.25, 0.3) is 11.3 Å². The summed E-state index contributed by atoms with van der Waals surface area (Å²) in [7, 11) is 0. The molecule has 0 amide bonds. The number of hydrogen-bond acceptors (Lipinski definition) is 3. The standard InChI is InChI=1S/C11H11F2N3O/c12-6-1-2-7(8(13)3-6)9-5-15-11(16-9)10(17)4-14/h1-3,5,10,17H,4,14H2,(H,15,16). The minimum absolute atomic E-state index is 0.0128. The third kappa shape index (κ3) is 2.32. The summed E-state index contributed by atoms with van der Waals surface area (Å²) in [4.78, 5) is 6.62. The van der Waals surface area contributed by atoms with Crippen molar-refractivity contribution >= 4 is 0 Å².